The Kier molecular flexibility index (Phi) is 9.07. The van der Waals surface area contributed by atoms with Gasteiger partial charge in [-0.3, -0.25) is 0 Å². The number of nitrogens with two attached hydrogens (primary N) is 1. The van der Waals surface area contributed by atoms with Crippen LogP contribution < -0.4 is 21.3 Å². The second kappa shape index (κ2) is 12.6. The Hall–Kier alpha value is -3.51. The fourth-order valence-corrected chi connectivity index (χ4v) is 5.86. The maximum Gasteiger partial charge on any atom is 0.124 e. The van der Waals surface area contributed by atoms with Crippen LogP contribution >= 0.6 is 34.7 Å². The Morgan fingerprint density at radius 2 is 1.89 bits per heavy atom. The molecule has 1 aliphatic rings. The predicted molar refractivity (Wildman–Crippen MR) is 152 cm³/mol. The Labute approximate surface area is 227 Å². The van der Waals surface area contributed by atoms with Crippen molar-refractivity contribution in [3.8, 4) is 16.3 Å². The summed E-state index contributed by atoms with van der Waals surface area (Å²) in [5, 5.41) is 25.6. The van der Waals surface area contributed by atoms with Gasteiger partial charge in [0.1, 0.15) is 35.1 Å². The molecule has 190 valence electrons. The quantitative estimate of drug-likeness (QED) is 0.0680. The predicted octanol–water partition coefficient (Wildman–Crippen LogP) is 5.20. The van der Waals surface area contributed by atoms with E-state index >= 15 is 0 Å². The maximum atomic E-state index is 10.3. The van der Waals surface area contributed by atoms with Crippen molar-refractivity contribution in [1.29, 1.82) is 10.8 Å². The molecule has 3 aromatic rings. The first-order valence-electron chi connectivity index (χ1n) is 11.1. The molecule has 1 aliphatic heterocycles. The molecule has 2 aromatic carbocycles. The van der Waals surface area contributed by atoms with Crippen molar-refractivity contribution in [3.05, 3.63) is 92.1 Å². The average Bonchev–Trinajstić information content (AvgIpc) is 3.41. The zero-order valence-electron chi connectivity index (χ0n) is 19.5. The number of rotatable bonds is 12. The first-order valence-corrected chi connectivity index (χ1v) is 13.5. The van der Waals surface area contributed by atoms with Crippen LogP contribution in [0.2, 0.25) is 5.02 Å². The highest BCUT2D eigenvalue weighted by Gasteiger charge is 2.28. The lowest BCUT2D eigenvalue weighted by molar-refractivity contribution is 0.328. The van der Waals surface area contributed by atoms with E-state index in [2.05, 4.69) is 15.9 Å². The number of aromatic nitrogens is 1. The molecule has 0 amide bonds. The van der Waals surface area contributed by atoms with E-state index in [9.17, 15) is 4.91 Å². The maximum absolute atomic E-state index is 10.3. The van der Waals surface area contributed by atoms with Gasteiger partial charge in [-0.15, -0.1) is 23.1 Å². The van der Waals surface area contributed by atoms with Crippen molar-refractivity contribution < 1.29 is 4.74 Å². The molecule has 0 saturated heterocycles. The molecule has 0 aliphatic carbocycles. The summed E-state index contributed by atoms with van der Waals surface area (Å²) >= 11 is 9.14. The zero-order chi connectivity index (χ0) is 26.2. The van der Waals surface area contributed by atoms with Crippen molar-refractivity contribution in [3.63, 3.8) is 0 Å². The molecule has 0 spiro atoms. The van der Waals surface area contributed by atoms with E-state index in [0.717, 1.165) is 27.4 Å². The standard InChI is InChI=1S/C25H24ClN7O2S2/c26-17-5-1-16(2-6-17)24-31-18(13-36-24)14-37-25-21(12-28)22(20(11-27)23(32-25)33-29)15-3-7-19(8-4-15)35-10-9-30-34/h1-8,11-13,25,27-28,32-33H,9-10,14,29H2. The topological polar surface area (TPSA) is 149 Å². The van der Waals surface area contributed by atoms with Gasteiger partial charge in [0.25, 0.3) is 0 Å². The minimum absolute atomic E-state index is 0.0713. The number of nitroso groups, excluding NO2 is 1. The molecule has 2 heterocycles. The number of thioether (sulfide) groups is 1. The van der Waals surface area contributed by atoms with Gasteiger partial charge in [-0.25, -0.2) is 10.8 Å². The van der Waals surface area contributed by atoms with Crippen LogP contribution in [0, 0.1) is 15.7 Å². The lowest BCUT2D eigenvalue weighted by Gasteiger charge is -2.31. The molecule has 0 fully saturated rings. The summed E-state index contributed by atoms with van der Waals surface area (Å²) in [6.07, 6.45) is 2.51. The number of nitrogens with one attached hydrogen (secondary N) is 4. The number of hydrogen-bond donors (Lipinski definition) is 5. The van der Waals surface area contributed by atoms with E-state index in [1.165, 1.54) is 12.4 Å². The number of thiazole rings is 1. The van der Waals surface area contributed by atoms with Gasteiger partial charge >= 0.3 is 0 Å². The van der Waals surface area contributed by atoms with Gasteiger partial charge in [-0.1, -0.05) is 41.0 Å². The van der Waals surface area contributed by atoms with Crippen LogP contribution in [0.3, 0.4) is 0 Å². The number of hydrazine groups is 1. The van der Waals surface area contributed by atoms with Crippen LogP contribution in [-0.2, 0) is 5.75 Å². The Morgan fingerprint density at radius 1 is 1.16 bits per heavy atom. The second-order valence-electron chi connectivity index (χ2n) is 7.76. The molecule has 0 saturated carbocycles. The fourth-order valence-electron chi connectivity index (χ4n) is 3.75. The van der Waals surface area contributed by atoms with Crippen LogP contribution in [0.1, 0.15) is 11.3 Å². The highest BCUT2D eigenvalue weighted by Crippen LogP contribution is 2.37. The molecule has 4 rings (SSSR count). The zero-order valence-corrected chi connectivity index (χ0v) is 21.9. The van der Waals surface area contributed by atoms with Gasteiger partial charge in [0.15, 0.2) is 0 Å². The molecule has 0 radical (unpaired) electrons. The van der Waals surface area contributed by atoms with E-state index in [0.29, 0.717) is 33.5 Å². The number of halogens is 1. The normalized spacial score (nSPS) is 15.2. The van der Waals surface area contributed by atoms with Crippen LogP contribution in [0.25, 0.3) is 16.1 Å². The Bertz CT molecular complexity index is 1340. The highest BCUT2D eigenvalue weighted by molar-refractivity contribution is 7.99. The highest BCUT2D eigenvalue weighted by atomic mass is 35.5. The van der Waals surface area contributed by atoms with E-state index in [-0.39, 0.29) is 18.5 Å². The summed E-state index contributed by atoms with van der Waals surface area (Å²) in [5.41, 5.74) is 7.35. The van der Waals surface area contributed by atoms with Crippen molar-refractivity contribution in [2.75, 3.05) is 13.2 Å². The molecule has 9 nitrogen and oxygen atoms in total. The molecule has 1 unspecified atom stereocenters. The number of ether oxygens (including phenoxy) is 1. The van der Waals surface area contributed by atoms with Crippen molar-refractivity contribution >= 4 is 52.7 Å². The Balaban J connectivity index is 1.58. The summed E-state index contributed by atoms with van der Waals surface area (Å²) in [6, 6.07) is 14.8. The minimum Gasteiger partial charge on any atom is -0.492 e. The lowest BCUT2D eigenvalue weighted by atomic mass is 9.91. The minimum atomic E-state index is -0.308. The molecular formula is C25H24ClN7O2S2. The van der Waals surface area contributed by atoms with Crippen LogP contribution in [-0.4, -0.2) is 35.9 Å². The van der Waals surface area contributed by atoms with E-state index in [1.807, 2.05) is 41.8 Å². The summed E-state index contributed by atoms with van der Waals surface area (Å²) in [6.45, 7) is 0.269. The molecule has 37 heavy (non-hydrogen) atoms. The lowest BCUT2D eigenvalue weighted by Crippen LogP contribution is -2.42. The SMILES string of the molecule is N=CC1=C(NN)NC(SCc2csc(-c3ccc(Cl)cc3)n2)C(C=N)=C1c1ccc(OCCN=O)cc1. The van der Waals surface area contributed by atoms with Crippen molar-refractivity contribution in [2.45, 2.75) is 11.1 Å². The summed E-state index contributed by atoms with van der Waals surface area (Å²) in [4.78, 5) is 15.0. The summed E-state index contributed by atoms with van der Waals surface area (Å²) in [7, 11) is 0. The largest absolute Gasteiger partial charge is 0.492 e. The third-order valence-electron chi connectivity index (χ3n) is 5.46. The van der Waals surface area contributed by atoms with E-state index in [4.69, 9.17) is 38.0 Å². The summed E-state index contributed by atoms with van der Waals surface area (Å²) in [5.74, 6) is 7.49. The van der Waals surface area contributed by atoms with Gasteiger partial charge in [0.2, 0.25) is 0 Å². The monoisotopic (exact) mass is 553 g/mol. The number of benzene rings is 2. The second-order valence-corrected chi connectivity index (χ2v) is 10.2. The van der Waals surface area contributed by atoms with Crippen molar-refractivity contribution in [2.24, 2.45) is 11.0 Å². The number of dihydropyridines is 1. The van der Waals surface area contributed by atoms with Gasteiger partial charge in [0.05, 0.1) is 5.69 Å². The molecule has 1 aromatic heterocycles. The van der Waals surface area contributed by atoms with Gasteiger partial charge < -0.3 is 26.3 Å². The molecule has 1 atom stereocenters. The number of allylic oxidation sites excluding steroid dienone is 2. The van der Waals surface area contributed by atoms with Gasteiger partial charge in [0, 0.05) is 50.9 Å². The average molecular weight is 554 g/mol. The number of hydrogen-bond acceptors (Lipinski definition) is 11. The molecule has 12 heteroatoms. The van der Waals surface area contributed by atoms with E-state index < -0.39 is 0 Å². The van der Waals surface area contributed by atoms with E-state index in [1.54, 1.807) is 35.2 Å². The fraction of sp³-hybridized carbons (Fsp3) is 0.160. The smallest absolute Gasteiger partial charge is 0.124 e. The molecule has 0 bridgehead atoms. The van der Waals surface area contributed by atoms with Gasteiger partial charge in [-0.05, 0) is 29.8 Å². The molecular weight excluding hydrogens is 530 g/mol. The van der Waals surface area contributed by atoms with Crippen LogP contribution in [0.15, 0.2) is 76.1 Å². The van der Waals surface area contributed by atoms with Crippen LogP contribution in [0.5, 0.6) is 5.75 Å². The third-order valence-corrected chi connectivity index (χ3v) is 7.82. The number of nitrogens with zero attached hydrogens (tertiary/aromatic N) is 2. The Morgan fingerprint density at radius 3 is 2.54 bits per heavy atom. The van der Waals surface area contributed by atoms with Crippen LogP contribution in [0.4, 0.5) is 0 Å². The molecule has 6 N–H and O–H groups in total. The third kappa shape index (κ3) is 6.25. The van der Waals surface area contributed by atoms with Gasteiger partial charge in [-0.2, -0.15) is 4.91 Å². The summed E-state index contributed by atoms with van der Waals surface area (Å²) < 4.78 is 5.51. The van der Waals surface area contributed by atoms with Crippen molar-refractivity contribution in [1.82, 2.24) is 15.7 Å². The first kappa shape index (κ1) is 26.6. The first-order chi connectivity index (χ1) is 18.1.